The number of aromatic carboxylic acids is 1. The first-order valence-corrected chi connectivity index (χ1v) is 6.87. The topological polar surface area (TPSA) is 49.8 Å². The van der Waals surface area contributed by atoms with Gasteiger partial charge >= 0.3 is 5.97 Å². The van der Waals surface area contributed by atoms with Crippen molar-refractivity contribution in [2.24, 2.45) is 5.92 Å². The summed E-state index contributed by atoms with van der Waals surface area (Å²) in [6.07, 6.45) is 4.89. The molecule has 1 aromatic rings. The van der Waals surface area contributed by atoms with Crippen LogP contribution in [-0.4, -0.2) is 30.8 Å². The zero-order chi connectivity index (χ0) is 13.4. The van der Waals surface area contributed by atoms with E-state index in [9.17, 15) is 9.90 Å². The van der Waals surface area contributed by atoms with Crippen LogP contribution in [0.5, 0.6) is 5.75 Å². The van der Waals surface area contributed by atoms with Crippen LogP contribution >= 0.6 is 0 Å². The van der Waals surface area contributed by atoms with E-state index in [-0.39, 0.29) is 0 Å². The van der Waals surface area contributed by atoms with Gasteiger partial charge in [-0.05, 0) is 43.7 Å². The second-order valence-electron chi connectivity index (χ2n) is 5.52. The molecule has 0 radical (unpaired) electrons. The monoisotopic (exact) mass is 261 g/mol. The Hall–Kier alpha value is -1.71. The Balaban J connectivity index is 1.95. The van der Waals surface area contributed by atoms with E-state index < -0.39 is 5.97 Å². The van der Waals surface area contributed by atoms with E-state index in [4.69, 9.17) is 4.74 Å². The number of carboxylic acid groups (broad SMARTS) is 1. The van der Waals surface area contributed by atoms with E-state index in [2.05, 4.69) is 4.90 Å². The number of anilines is 1. The Morgan fingerprint density at radius 3 is 2.63 bits per heavy atom. The highest BCUT2D eigenvalue weighted by Gasteiger charge is 2.35. The van der Waals surface area contributed by atoms with Crippen molar-refractivity contribution in [3.05, 3.63) is 23.8 Å². The molecule has 102 valence electrons. The predicted octanol–water partition coefficient (Wildman–Crippen LogP) is 2.77. The van der Waals surface area contributed by atoms with Crippen molar-refractivity contribution in [1.82, 2.24) is 0 Å². The molecule has 2 fully saturated rings. The number of hydrogen-bond donors (Lipinski definition) is 1. The Bertz CT molecular complexity index is 492. The van der Waals surface area contributed by atoms with Crippen molar-refractivity contribution in [2.45, 2.75) is 31.7 Å². The number of benzene rings is 1. The summed E-state index contributed by atoms with van der Waals surface area (Å²) in [6, 6.07) is 5.75. The molecule has 0 amide bonds. The van der Waals surface area contributed by atoms with Gasteiger partial charge in [-0.25, -0.2) is 4.79 Å². The minimum atomic E-state index is -0.862. The molecule has 2 saturated carbocycles. The molecule has 0 spiro atoms. The Labute approximate surface area is 113 Å². The van der Waals surface area contributed by atoms with Crippen molar-refractivity contribution in [3.8, 4) is 5.75 Å². The molecule has 3 rings (SSSR count). The lowest BCUT2D eigenvalue weighted by Crippen LogP contribution is -2.29. The molecule has 4 nitrogen and oxygen atoms in total. The summed E-state index contributed by atoms with van der Waals surface area (Å²) >= 11 is 0. The fourth-order valence-electron chi connectivity index (χ4n) is 2.47. The van der Waals surface area contributed by atoms with Crippen LogP contribution in [0, 0.1) is 5.92 Å². The first-order valence-electron chi connectivity index (χ1n) is 6.87. The van der Waals surface area contributed by atoms with E-state index >= 15 is 0 Å². The van der Waals surface area contributed by atoms with Crippen molar-refractivity contribution in [3.63, 3.8) is 0 Å². The molecule has 1 N–H and O–H groups in total. The number of ether oxygens (including phenoxy) is 1. The van der Waals surface area contributed by atoms with Gasteiger partial charge in [-0.15, -0.1) is 0 Å². The minimum absolute atomic E-state index is 0.383. The van der Waals surface area contributed by atoms with Gasteiger partial charge in [0.1, 0.15) is 5.75 Å². The molecule has 0 atom stereocenters. The summed E-state index contributed by atoms with van der Waals surface area (Å²) in [5.41, 5.74) is 1.20. The SMILES string of the molecule is COc1ccc(C(=O)O)c(N(CC2CC2)C2CC2)c1. The van der Waals surface area contributed by atoms with E-state index in [0.29, 0.717) is 11.6 Å². The molecule has 4 heteroatoms. The van der Waals surface area contributed by atoms with Gasteiger partial charge in [-0.1, -0.05) is 0 Å². The van der Waals surface area contributed by atoms with Gasteiger partial charge in [-0.2, -0.15) is 0 Å². The van der Waals surface area contributed by atoms with Crippen LogP contribution in [0.2, 0.25) is 0 Å². The van der Waals surface area contributed by atoms with Gasteiger partial charge < -0.3 is 14.7 Å². The van der Waals surface area contributed by atoms with Gasteiger partial charge in [0.05, 0.1) is 18.4 Å². The molecular weight excluding hydrogens is 242 g/mol. The number of methoxy groups -OCH3 is 1. The van der Waals surface area contributed by atoms with Crippen LogP contribution in [0.4, 0.5) is 5.69 Å². The van der Waals surface area contributed by atoms with Gasteiger partial charge in [0.2, 0.25) is 0 Å². The number of carboxylic acids is 1. The Kier molecular flexibility index (Phi) is 3.09. The first-order chi connectivity index (χ1) is 9.19. The predicted molar refractivity (Wildman–Crippen MR) is 73.0 cm³/mol. The van der Waals surface area contributed by atoms with E-state index in [1.54, 1.807) is 19.2 Å². The molecular formula is C15H19NO3. The summed E-state index contributed by atoms with van der Waals surface area (Å²) in [5.74, 6) is 0.606. The number of nitrogens with zero attached hydrogens (tertiary/aromatic N) is 1. The minimum Gasteiger partial charge on any atom is -0.497 e. The maximum Gasteiger partial charge on any atom is 0.337 e. The molecule has 0 heterocycles. The van der Waals surface area contributed by atoms with Crippen LogP contribution in [0.3, 0.4) is 0 Å². The summed E-state index contributed by atoms with van der Waals surface area (Å²) in [4.78, 5) is 13.7. The third-order valence-corrected chi connectivity index (χ3v) is 3.88. The van der Waals surface area contributed by atoms with Gasteiger partial charge in [0, 0.05) is 18.7 Å². The zero-order valence-electron chi connectivity index (χ0n) is 11.1. The fraction of sp³-hybridized carbons (Fsp3) is 0.533. The highest BCUT2D eigenvalue weighted by molar-refractivity contribution is 5.95. The standard InChI is InChI=1S/C15H19NO3/c1-19-12-6-7-13(15(17)18)14(8-12)16(11-4-5-11)9-10-2-3-10/h6-8,10-11H,2-5,9H2,1H3,(H,17,18). The van der Waals surface area contributed by atoms with E-state index in [0.717, 1.165) is 23.9 Å². The Morgan fingerprint density at radius 2 is 2.11 bits per heavy atom. The second-order valence-corrected chi connectivity index (χ2v) is 5.52. The molecule has 0 aromatic heterocycles. The largest absolute Gasteiger partial charge is 0.497 e. The van der Waals surface area contributed by atoms with Crippen molar-refractivity contribution in [2.75, 3.05) is 18.6 Å². The van der Waals surface area contributed by atoms with E-state index in [1.165, 1.54) is 25.7 Å². The van der Waals surface area contributed by atoms with Crippen LogP contribution < -0.4 is 9.64 Å². The van der Waals surface area contributed by atoms with Crippen molar-refractivity contribution < 1.29 is 14.6 Å². The van der Waals surface area contributed by atoms with Gasteiger partial charge in [0.25, 0.3) is 0 Å². The van der Waals surface area contributed by atoms with Crippen LogP contribution in [0.25, 0.3) is 0 Å². The number of hydrogen-bond acceptors (Lipinski definition) is 3. The van der Waals surface area contributed by atoms with E-state index in [1.807, 2.05) is 6.07 Å². The molecule has 1 aromatic carbocycles. The molecule has 2 aliphatic rings. The summed E-state index contributed by atoms with van der Waals surface area (Å²) in [5, 5.41) is 9.36. The smallest absolute Gasteiger partial charge is 0.337 e. The molecule has 0 unspecified atom stereocenters. The van der Waals surface area contributed by atoms with Crippen molar-refractivity contribution in [1.29, 1.82) is 0 Å². The maximum absolute atomic E-state index is 11.4. The molecule has 0 bridgehead atoms. The highest BCUT2D eigenvalue weighted by Crippen LogP contribution is 2.39. The summed E-state index contributed by atoms with van der Waals surface area (Å²) in [6.45, 7) is 0.984. The fourth-order valence-corrected chi connectivity index (χ4v) is 2.47. The van der Waals surface area contributed by atoms with Crippen LogP contribution in [0.1, 0.15) is 36.0 Å². The number of rotatable bonds is 6. The lowest BCUT2D eigenvalue weighted by atomic mass is 10.1. The molecule has 2 aliphatic carbocycles. The maximum atomic E-state index is 11.4. The number of carbonyl (C=O) groups is 1. The molecule has 0 aliphatic heterocycles. The zero-order valence-corrected chi connectivity index (χ0v) is 11.1. The van der Waals surface area contributed by atoms with Crippen LogP contribution in [-0.2, 0) is 0 Å². The Morgan fingerprint density at radius 1 is 1.37 bits per heavy atom. The summed E-state index contributed by atoms with van der Waals surface area (Å²) in [7, 11) is 1.61. The van der Waals surface area contributed by atoms with Gasteiger partial charge in [-0.3, -0.25) is 0 Å². The molecule has 19 heavy (non-hydrogen) atoms. The summed E-state index contributed by atoms with van der Waals surface area (Å²) < 4.78 is 5.24. The second kappa shape index (κ2) is 4.76. The molecule has 0 saturated heterocycles. The van der Waals surface area contributed by atoms with Gasteiger partial charge in [0.15, 0.2) is 0 Å². The normalized spacial score (nSPS) is 18.2. The third kappa shape index (κ3) is 2.67. The third-order valence-electron chi connectivity index (χ3n) is 3.88. The highest BCUT2D eigenvalue weighted by atomic mass is 16.5. The lowest BCUT2D eigenvalue weighted by molar-refractivity contribution is 0.0697. The lowest BCUT2D eigenvalue weighted by Gasteiger charge is -2.26. The average Bonchev–Trinajstić information content (AvgIpc) is 3.27. The quantitative estimate of drug-likeness (QED) is 0.855. The first kappa shape index (κ1) is 12.3. The van der Waals surface area contributed by atoms with Crippen molar-refractivity contribution >= 4 is 11.7 Å². The average molecular weight is 261 g/mol. The van der Waals surface area contributed by atoms with Crippen LogP contribution in [0.15, 0.2) is 18.2 Å².